The monoisotopic (exact) mass is 545 g/mol. The summed E-state index contributed by atoms with van der Waals surface area (Å²) in [6.45, 7) is 3.65. The highest BCUT2D eigenvalue weighted by molar-refractivity contribution is 7.89. The summed E-state index contributed by atoms with van der Waals surface area (Å²) < 4.78 is 69.4. The molecule has 0 unspecified atom stereocenters. The van der Waals surface area contributed by atoms with E-state index in [1.807, 2.05) is 0 Å². The Labute approximate surface area is 210 Å². The lowest BCUT2D eigenvalue weighted by Gasteiger charge is -2.31. The molecule has 10 nitrogen and oxygen atoms in total. The maximum Gasteiger partial charge on any atom is 0.420 e. The minimum absolute atomic E-state index is 0.0176. The lowest BCUT2D eigenvalue weighted by atomic mass is 10.1. The maximum absolute atomic E-state index is 13.7. The molecule has 4 heterocycles. The summed E-state index contributed by atoms with van der Waals surface area (Å²) in [5, 5.41) is 17.4. The van der Waals surface area contributed by atoms with Crippen LogP contribution >= 0.6 is 11.3 Å². The van der Waals surface area contributed by atoms with E-state index in [1.165, 1.54) is 27.6 Å². The predicted octanol–water partition coefficient (Wildman–Crippen LogP) is 2.93. The standard InChI is InChI=1S/C21H26F3N7O3S2/c1-20(2,32)8-17-25-11-16(35-17)18-15(21(22,23)24)10-26-19(29-18)28-13-4-6-31(7-5-13)36(33,34)14-9-27-30(3)12-14/h9-13,32H,4-8H2,1-3H3,(H,26,28,29). The van der Waals surface area contributed by atoms with Crippen LogP contribution in [0, 0.1) is 0 Å². The highest BCUT2D eigenvalue weighted by Crippen LogP contribution is 2.38. The number of aryl methyl sites for hydroxylation is 1. The van der Waals surface area contributed by atoms with E-state index in [4.69, 9.17) is 0 Å². The lowest BCUT2D eigenvalue weighted by Crippen LogP contribution is -2.42. The first kappa shape index (κ1) is 26.4. The van der Waals surface area contributed by atoms with Gasteiger partial charge in [-0.05, 0) is 26.7 Å². The van der Waals surface area contributed by atoms with E-state index in [0.29, 0.717) is 17.8 Å². The molecule has 0 saturated carbocycles. The number of aromatic nitrogens is 5. The molecular formula is C21H26F3N7O3S2. The van der Waals surface area contributed by atoms with Crippen LogP contribution < -0.4 is 5.32 Å². The Morgan fingerprint density at radius 1 is 1.17 bits per heavy atom. The molecule has 1 fully saturated rings. The van der Waals surface area contributed by atoms with Crippen molar-refractivity contribution in [2.24, 2.45) is 7.05 Å². The Morgan fingerprint density at radius 3 is 2.44 bits per heavy atom. The van der Waals surface area contributed by atoms with Crippen molar-refractivity contribution in [3.05, 3.63) is 35.4 Å². The fraction of sp³-hybridized carbons (Fsp3) is 0.524. The fourth-order valence-corrected chi connectivity index (χ4v) is 6.42. The number of alkyl halides is 3. The molecule has 36 heavy (non-hydrogen) atoms. The third kappa shape index (κ3) is 6.02. The summed E-state index contributed by atoms with van der Waals surface area (Å²) in [5.74, 6) is 0.0176. The number of thiazole rings is 1. The Bertz CT molecular complexity index is 1320. The van der Waals surface area contributed by atoms with Gasteiger partial charge in [0.1, 0.15) is 10.5 Å². The summed E-state index contributed by atoms with van der Waals surface area (Å²) in [6.07, 6.45) is 1.16. The number of aliphatic hydroxyl groups is 1. The normalized spacial score (nSPS) is 16.4. The lowest BCUT2D eigenvalue weighted by molar-refractivity contribution is -0.137. The Hall–Kier alpha value is -2.62. The van der Waals surface area contributed by atoms with Gasteiger partial charge in [-0.25, -0.2) is 23.4 Å². The third-order valence-corrected chi connectivity index (χ3v) is 8.43. The highest BCUT2D eigenvalue weighted by atomic mass is 32.2. The highest BCUT2D eigenvalue weighted by Gasteiger charge is 2.37. The van der Waals surface area contributed by atoms with E-state index in [9.17, 15) is 26.7 Å². The number of halogens is 3. The maximum atomic E-state index is 13.7. The number of piperidine rings is 1. The second-order valence-corrected chi connectivity index (χ2v) is 12.3. The summed E-state index contributed by atoms with van der Waals surface area (Å²) in [4.78, 5) is 12.5. The molecule has 0 amide bonds. The molecule has 0 radical (unpaired) electrons. The molecule has 0 aromatic carbocycles. The van der Waals surface area contributed by atoms with Crippen LogP contribution in [-0.4, -0.2) is 67.3 Å². The van der Waals surface area contributed by atoms with Crippen LogP contribution in [0.1, 0.15) is 37.3 Å². The molecule has 0 atom stereocenters. The number of nitrogens with one attached hydrogen (secondary N) is 1. The minimum Gasteiger partial charge on any atom is -0.390 e. The quantitative estimate of drug-likeness (QED) is 0.464. The molecule has 1 aliphatic rings. The zero-order valence-corrected chi connectivity index (χ0v) is 21.5. The smallest absolute Gasteiger partial charge is 0.390 e. The van der Waals surface area contributed by atoms with Crippen LogP contribution in [0.25, 0.3) is 10.6 Å². The van der Waals surface area contributed by atoms with Gasteiger partial charge in [0.05, 0.1) is 27.4 Å². The van der Waals surface area contributed by atoms with Crippen molar-refractivity contribution in [2.45, 2.75) is 55.8 Å². The first-order valence-electron chi connectivity index (χ1n) is 11.1. The Morgan fingerprint density at radius 2 is 1.86 bits per heavy atom. The Kier molecular flexibility index (Phi) is 7.11. The molecule has 196 valence electrons. The van der Waals surface area contributed by atoms with Crippen LogP contribution in [0.5, 0.6) is 0 Å². The van der Waals surface area contributed by atoms with Gasteiger partial charge in [-0.3, -0.25) is 4.68 Å². The molecule has 0 bridgehead atoms. The molecule has 0 aliphatic carbocycles. The zero-order valence-electron chi connectivity index (χ0n) is 19.8. The minimum atomic E-state index is -4.67. The van der Waals surface area contributed by atoms with Crippen molar-refractivity contribution in [3.63, 3.8) is 0 Å². The van der Waals surface area contributed by atoms with Crippen LogP contribution in [-0.2, 0) is 29.7 Å². The third-order valence-electron chi connectivity index (χ3n) is 5.57. The van der Waals surface area contributed by atoms with Gasteiger partial charge in [-0.1, -0.05) is 0 Å². The first-order valence-corrected chi connectivity index (χ1v) is 13.3. The van der Waals surface area contributed by atoms with Crippen molar-refractivity contribution in [2.75, 3.05) is 18.4 Å². The summed E-state index contributed by atoms with van der Waals surface area (Å²) in [7, 11) is -2.04. The van der Waals surface area contributed by atoms with Gasteiger partial charge in [0.15, 0.2) is 0 Å². The molecule has 3 aromatic heterocycles. The molecule has 15 heteroatoms. The number of anilines is 1. The number of sulfonamides is 1. The van der Waals surface area contributed by atoms with E-state index in [1.54, 1.807) is 20.9 Å². The van der Waals surface area contributed by atoms with E-state index in [-0.39, 0.29) is 47.0 Å². The van der Waals surface area contributed by atoms with Gasteiger partial charge in [-0.15, -0.1) is 11.3 Å². The topological polar surface area (TPSA) is 126 Å². The molecule has 0 spiro atoms. The largest absolute Gasteiger partial charge is 0.420 e. The Balaban J connectivity index is 1.50. The summed E-state index contributed by atoms with van der Waals surface area (Å²) in [6, 6.07) is -0.220. The number of hydrogen-bond acceptors (Lipinski definition) is 9. The number of rotatable bonds is 7. The molecular weight excluding hydrogens is 519 g/mol. The van der Waals surface area contributed by atoms with Crippen LogP contribution in [0.3, 0.4) is 0 Å². The van der Waals surface area contributed by atoms with Gasteiger partial charge in [0.2, 0.25) is 16.0 Å². The van der Waals surface area contributed by atoms with E-state index in [0.717, 1.165) is 17.5 Å². The van der Waals surface area contributed by atoms with E-state index >= 15 is 0 Å². The van der Waals surface area contributed by atoms with Gasteiger partial charge < -0.3 is 10.4 Å². The molecule has 3 aromatic rings. The average Bonchev–Trinajstić information content (AvgIpc) is 3.41. The summed E-state index contributed by atoms with van der Waals surface area (Å²) in [5.41, 5.74) is -2.33. The number of nitrogens with zero attached hydrogens (tertiary/aromatic N) is 6. The second-order valence-electron chi connectivity index (χ2n) is 9.23. The van der Waals surface area contributed by atoms with Gasteiger partial charge in [0, 0.05) is 51.2 Å². The summed E-state index contributed by atoms with van der Waals surface area (Å²) >= 11 is 1.03. The first-order chi connectivity index (χ1) is 16.7. The van der Waals surface area contributed by atoms with Crippen molar-refractivity contribution >= 4 is 27.3 Å². The fourth-order valence-electron chi connectivity index (χ4n) is 3.82. The van der Waals surface area contributed by atoms with Crippen LogP contribution in [0.4, 0.5) is 19.1 Å². The van der Waals surface area contributed by atoms with Crippen molar-refractivity contribution in [1.29, 1.82) is 0 Å². The van der Waals surface area contributed by atoms with Crippen LogP contribution in [0.2, 0.25) is 0 Å². The van der Waals surface area contributed by atoms with Gasteiger partial charge in [-0.2, -0.15) is 22.6 Å². The van der Waals surface area contributed by atoms with Gasteiger partial charge in [0.25, 0.3) is 0 Å². The van der Waals surface area contributed by atoms with Crippen LogP contribution in [0.15, 0.2) is 29.7 Å². The second kappa shape index (κ2) is 9.68. The molecule has 1 saturated heterocycles. The molecule has 1 aliphatic heterocycles. The number of hydrogen-bond donors (Lipinski definition) is 2. The zero-order chi connectivity index (χ0) is 26.3. The van der Waals surface area contributed by atoms with Crippen molar-refractivity contribution < 1.29 is 26.7 Å². The van der Waals surface area contributed by atoms with Gasteiger partial charge >= 0.3 is 6.18 Å². The van der Waals surface area contributed by atoms with Crippen molar-refractivity contribution in [3.8, 4) is 10.6 Å². The molecule has 4 rings (SSSR count). The van der Waals surface area contributed by atoms with E-state index < -0.39 is 27.4 Å². The van der Waals surface area contributed by atoms with E-state index in [2.05, 4.69) is 25.4 Å². The molecule has 2 N–H and O–H groups in total. The predicted molar refractivity (Wildman–Crippen MR) is 127 cm³/mol. The average molecular weight is 546 g/mol. The van der Waals surface area contributed by atoms with Crippen molar-refractivity contribution in [1.82, 2.24) is 29.0 Å². The SMILES string of the molecule is Cn1cc(S(=O)(=O)N2CCC(Nc3ncc(C(F)(F)F)c(-c4cnc(CC(C)(C)O)s4)n3)CC2)cn1.